The summed E-state index contributed by atoms with van der Waals surface area (Å²) in [6, 6.07) is 7.82. The zero-order valence-corrected chi connectivity index (χ0v) is 12.8. The SMILES string of the molecule is CC(C)c1c(Cl)ncnc1Oc1cccc(N(C)C)c1. The lowest BCUT2D eigenvalue weighted by Crippen LogP contribution is -2.08. The molecule has 0 aliphatic carbocycles. The maximum absolute atomic E-state index is 6.13. The first kappa shape index (κ1) is 14.6. The molecule has 0 bridgehead atoms. The molecule has 0 aliphatic heterocycles. The number of benzene rings is 1. The summed E-state index contributed by atoms with van der Waals surface area (Å²) < 4.78 is 5.88. The minimum Gasteiger partial charge on any atom is -0.438 e. The van der Waals surface area contributed by atoms with Gasteiger partial charge in [0.2, 0.25) is 5.88 Å². The average molecular weight is 292 g/mol. The normalized spacial score (nSPS) is 10.7. The van der Waals surface area contributed by atoms with Crippen molar-refractivity contribution in [3.05, 3.63) is 41.3 Å². The van der Waals surface area contributed by atoms with Gasteiger partial charge < -0.3 is 9.64 Å². The van der Waals surface area contributed by atoms with E-state index in [-0.39, 0.29) is 5.92 Å². The van der Waals surface area contributed by atoms with Gasteiger partial charge in [-0.25, -0.2) is 9.97 Å². The standard InChI is InChI=1S/C15H18ClN3O/c1-10(2)13-14(16)17-9-18-15(13)20-12-7-5-6-11(8-12)19(3)4/h5-10H,1-4H3. The van der Waals surface area contributed by atoms with Gasteiger partial charge in [0.25, 0.3) is 0 Å². The number of aromatic nitrogens is 2. The summed E-state index contributed by atoms with van der Waals surface area (Å²) >= 11 is 6.13. The van der Waals surface area contributed by atoms with Gasteiger partial charge in [0.1, 0.15) is 17.2 Å². The predicted molar refractivity (Wildman–Crippen MR) is 82.0 cm³/mol. The number of ether oxygens (including phenoxy) is 1. The molecule has 106 valence electrons. The fourth-order valence-corrected chi connectivity index (χ4v) is 2.21. The van der Waals surface area contributed by atoms with Crippen LogP contribution in [-0.2, 0) is 0 Å². The lowest BCUT2D eigenvalue weighted by molar-refractivity contribution is 0.451. The van der Waals surface area contributed by atoms with E-state index in [0.717, 1.165) is 17.0 Å². The maximum atomic E-state index is 6.13. The van der Waals surface area contributed by atoms with Gasteiger partial charge in [-0.05, 0) is 18.1 Å². The second-order valence-electron chi connectivity index (χ2n) is 5.03. The highest BCUT2D eigenvalue weighted by atomic mass is 35.5. The van der Waals surface area contributed by atoms with Crippen LogP contribution in [0.2, 0.25) is 5.15 Å². The molecule has 5 heteroatoms. The highest BCUT2D eigenvalue weighted by molar-refractivity contribution is 6.30. The van der Waals surface area contributed by atoms with Crippen molar-refractivity contribution < 1.29 is 4.74 Å². The molecule has 0 saturated heterocycles. The van der Waals surface area contributed by atoms with Crippen LogP contribution < -0.4 is 9.64 Å². The Kier molecular flexibility index (Phi) is 4.45. The molecule has 0 radical (unpaired) electrons. The molecule has 1 aromatic carbocycles. The Balaban J connectivity index is 2.35. The molecule has 0 fully saturated rings. The predicted octanol–water partition coefficient (Wildman–Crippen LogP) is 4.11. The van der Waals surface area contributed by atoms with Crippen molar-refractivity contribution in [3.63, 3.8) is 0 Å². The quantitative estimate of drug-likeness (QED) is 0.795. The molecular weight excluding hydrogens is 274 g/mol. The van der Waals surface area contributed by atoms with E-state index in [0.29, 0.717) is 11.0 Å². The van der Waals surface area contributed by atoms with Gasteiger partial charge >= 0.3 is 0 Å². The minimum absolute atomic E-state index is 0.190. The van der Waals surface area contributed by atoms with E-state index in [4.69, 9.17) is 16.3 Å². The molecule has 0 spiro atoms. The number of anilines is 1. The first-order chi connectivity index (χ1) is 9.49. The van der Waals surface area contributed by atoms with Crippen molar-refractivity contribution in [2.24, 2.45) is 0 Å². The van der Waals surface area contributed by atoms with Crippen molar-refractivity contribution in [1.82, 2.24) is 9.97 Å². The lowest BCUT2D eigenvalue weighted by atomic mass is 10.1. The van der Waals surface area contributed by atoms with Gasteiger partial charge in [-0.3, -0.25) is 0 Å². The highest BCUT2D eigenvalue weighted by Gasteiger charge is 2.15. The molecular formula is C15H18ClN3O. The fourth-order valence-electron chi connectivity index (χ4n) is 1.86. The van der Waals surface area contributed by atoms with Crippen molar-refractivity contribution >= 4 is 17.3 Å². The van der Waals surface area contributed by atoms with Crippen LogP contribution in [0, 0.1) is 0 Å². The first-order valence-electron chi connectivity index (χ1n) is 6.44. The van der Waals surface area contributed by atoms with Crippen LogP contribution in [0.25, 0.3) is 0 Å². The highest BCUT2D eigenvalue weighted by Crippen LogP contribution is 2.33. The molecule has 2 rings (SSSR count). The van der Waals surface area contributed by atoms with Crippen LogP contribution in [0.4, 0.5) is 5.69 Å². The van der Waals surface area contributed by atoms with E-state index in [1.807, 2.05) is 57.1 Å². The lowest BCUT2D eigenvalue weighted by Gasteiger charge is -2.16. The first-order valence-corrected chi connectivity index (χ1v) is 6.82. The van der Waals surface area contributed by atoms with Crippen molar-refractivity contribution in [2.75, 3.05) is 19.0 Å². The third-order valence-corrected chi connectivity index (χ3v) is 3.23. The summed E-state index contributed by atoms with van der Waals surface area (Å²) in [5, 5.41) is 0.439. The Bertz CT molecular complexity index is 599. The van der Waals surface area contributed by atoms with Crippen molar-refractivity contribution in [1.29, 1.82) is 0 Å². The van der Waals surface area contributed by atoms with Gasteiger partial charge in [-0.2, -0.15) is 0 Å². The Morgan fingerprint density at radius 3 is 2.60 bits per heavy atom. The molecule has 0 atom stereocenters. The summed E-state index contributed by atoms with van der Waals surface area (Å²) in [6.07, 6.45) is 1.42. The zero-order chi connectivity index (χ0) is 14.7. The Morgan fingerprint density at radius 1 is 1.20 bits per heavy atom. The van der Waals surface area contributed by atoms with Crippen LogP contribution in [0.5, 0.6) is 11.6 Å². The van der Waals surface area contributed by atoms with E-state index in [2.05, 4.69) is 9.97 Å². The van der Waals surface area contributed by atoms with Crippen molar-refractivity contribution in [2.45, 2.75) is 19.8 Å². The van der Waals surface area contributed by atoms with E-state index < -0.39 is 0 Å². The van der Waals surface area contributed by atoms with Gasteiger partial charge in [0, 0.05) is 25.8 Å². The molecule has 0 unspecified atom stereocenters. The number of rotatable bonds is 4. The van der Waals surface area contributed by atoms with Crippen LogP contribution in [0.15, 0.2) is 30.6 Å². The summed E-state index contributed by atoms with van der Waals surface area (Å²) in [7, 11) is 3.97. The summed E-state index contributed by atoms with van der Waals surface area (Å²) in [4.78, 5) is 10.2. The van der Waals surface area contributed by atoms with Crippen LogP contribution in [0.1, 0.15) is 25.3 Å². The van der Waals surface area contributed by atoms with E-state index in [1.165, 1.54) is 6.33 Å². The fraction of sp³-hybridized carbons (Fsp3) is 0.333. The van der Waals surface area contributed by atoms with Gasteiger partial charge in [-0.1, -0.05) is 31.5 Å². The Morgan fingerprint density at radius 2 is 1.95 bits per heavy atom. The smallest absolute Gasteiger partial charge is 0.227 e. The second-order valence-corrected chi connectivity index (χ2v) is 5.39. The summed E-state index contributed by atoms with van der Waals surface area (Å²) in [5.41, 5.74) is 1.89. The second kappa shape index (κ2) is 6.09. The third-order valence-electron chi connectivity index (χ3n) is 2.92. The number of hydrogen-bond acceptors (Lipinski definition) is 4. The molecule has 1 heterocycles. The summed E-state index contributed by atoms with van der Waals surface area (Å²) in [6.45, 7) is 4.07. The number of halogens is 1. The topological polar surface area (TPSA) is 38.3 Å². The Hall–Kier alpha value is -1.81. The van der Waals surface area contributed by atoms with Crippen LogP contribution >= 0.6 is 11.6 Å². The van der Waals surface area contributed by atoms with E-state index >= 15 is 0 Å². The molecule has 0 amide bonds. The summed E-state index contributed by atoms with van der Waals surface area (Å²) in [5.74, 6) is 1.43. The van der Waals surface area contributed by atoms with E-state index in [9.17, 15) is 0 Å². The van der Waals surface area contributed by atoms with E-state index in [1.54, 1.807) is 0 Å². The zero-order valence-electron chi connectivity index (χ0n) is 12.1. The Labute approximate surface area is 124 Å². The number of hydrogen-bond donors (Lipinski definition) is 0. The van der Waals surface area contributed by atoms with Gasteiger partial charge in [0.05, 0.1) is 5.56 Å². The minimum atomic E-state index is 0.190. The third kappa shape index (κ3) is 3.20. The van der Waals surface area contributed by atoms with Gasteiger partial charge in [-0.15, -0.1) is 0 Å². The molecule has 0 N–H and O–H groups in total. The molecule has 20 heavy (non-hydrogen) atoms. The monoisotopic (exact) mass is 291 g/mol. The van der Waals surface area contributed by atoms with Crippen LogP contribution in [0.3, 0.4) is 0 Å². The molecule has 4 nitrogen and oxygen atoms in total. The van der Waals surface area contributed by atoms with Gasteiger partial charge in [0.15, 0.2) is 0 Å². The average Bonchev–Trinajstić information content (AvgIpc) is 2.38. The molecule has 0 aliphatic rings. The molecule has 2 aromatic rings. The largest absolute Gasteiger partial charge is 0.438 e. The molecule has 1 aromatic heterocycles. The van der Waals surface area contributed by atoms with Crippen molar-refractivity contribution in [3.8, 4) is 11.6 Å². The molecule has 0 saturated carbocycles. The maximum Gasteiger partial charge on any atom is 0.227 e. The number of nitrogens with zero attached hydrogens (tertiary/aromatic N) is 3. The van der Waals surface area contributed by atoms with Crippen LogP contribution in [-0.4, -0.2) is 24.1 Å².